The predicted molar refractivity (Wildman–Crippen MR) is 72.4 cm³/mol. The van der Waals surface area contributed by atoms with Crippen molar-refractivity contribution in [2.45, 2.75) is 26.6 Å². The molecular weight excluding hydrogens is 226 g/mol. The highest BCUT2D eigenvalue weighted by atomic mass is 16.5. The van der Waals surface area contributed by atoms with Crippen LogP contribution in [0.25, 0.3) is 0 Å². The molecule has 0 unspecified atom stereocenters. The average molecular weight is 245 g/mol. The standard InChI is InChI=1S/C14H19N3O/c1-3-17-9-8-15-14(17)10-16-13-7-5-4-6-12(13)11-18-2/h4-9,16H,3,10-11H2,1-2H3. The van der Waals surface area contributed by atoms with Crippen molar-refractivity contribution in [3.05, 3.63) is 48.0 Å². The maximum atomic E-state index is 5.19. The third kappa shape index (κ3) is 2.90. The summed E-state index contributed by atoms with van der Waals surface area (Å²) in [5, 5.41) is 3.41. The van der Waals surface area contributed by atoms with Gasteiger partial charge in [0.2, 0.25) is 0 Å². The Morgan fingerprint density at radius 1 is 1.33 bits per heavy atom. The summed E-state index contributed by atoms with van der Waals surface area (Å²) in [5.41, 5.74) is 2.26. The van der Waals surface area contributed by atoms with Crippen LogP contribution in [0, 0.1) is 0 Å². The number of aromatic nitrogens is 2. The van der Waals surface area contributed by atoms with Crippen molar-refractivity contribution >= 4 is 5.69 Å². The van der Waals surface area contributed by atoms with E-state index in [0.717, 1.165) is 30.2 Å². The van der Waals surface area contributed by atoms with Gasteiger partial charge in [-0.15, -0.1) is 0 Å². The molecule has 0 radical (unpaired) electrons. The second kappa shape index (κ2) is 6.21. The zero-order valence-corrected chi connectivity index (χ0v) is 10.9. The Morgan fingerprint density at radius 2 is 2.17 bits per heavy atom. The highest BCUT2D eigenvalue weighted by Gasteiger charge is 2.04. The highest BCUT2D eigenvalue weighted by Crippen LogP contribution is 2.16. The van der Waals surface area contributed by atoms with Gasteiger partial charge in [0, 0.05) is 37.3 Å². The molecule has 0 spiro atoms. The van der Waals surface area contributed by atoms with Crippen molar-refractivity contribution in [2.24, 2.45) is 0 Å². The van der Waals surface area contributed by atoms with E-state index in [1.54, 1.807) is 7.11 Å². The maximum absolute atomic E-state index is 5.19. The molecule has 0 fully saturated rings. The molecule has 4 heteroatoms. The van der Waals surface area contributed by atoms with E-state index >= 15 is 0 Å². The molecule has 1 aromatic heterocycles. The van der Waals surface area contributed by atoms with Gasteiger partial charge in [-0.2, -0.15) is 0 Å². The summed E-state index contributed by atoms with van der Waals surface area (Å²) in [6.07, 6.45) is 3.83. The lowest BCUT2D eigenvalue weighted by atomic mass is 10.2. The van der Waals surface area contributed by atoms with Crippen LogP contribution in [0.4, 0.5) is 5.69 Å². The first-order valence-electron chi connectivity index (χ1n) is 6.16. The molecule has 0 bridgehead atoms. The Labute approximate surface area is 108 Å². The van der Waals surface area contributed by atoms with Crippen LogP contribution in [0.2, 0.25) is 0 Å². The van der Waals surface area contributed by atoms with Crippen LogP contribution in [-0.2, 0) is 24.4 Å². The Hall–Kier alpha value is -1.81. The van der Waals surface area contributed by atoms with E-state index in [-0.39, 0.29) is 0 Å². The number of nitrogens with zero attached hydrogens (tertiary/aromatic N) is 2. The Balaban J connectivity index is 2.06. The number of para-hydroxylation sites is 1. The molecule has 1 aromatic carbocycles. The third-order valence-corrected chi connectivity index (χ3v) is 2.90. The normalized spacial score (nSPS) is 10.6. The van der Waals surface area contributed by atoms with Crippen LogP contribution in [0.5, 0.6) is 0 Å². The van der Waals surface area contributed by atoms with Crippen LogP contribution in [-0.4, -0.2) is 16.7 Å². The van der Waals surface area contributed by atoms with Crippen LogP contribution < -0.4 is 5.32 Å². The van der Waals surface area contributed by atoms with E-state index in [0.29, 0.717) is 6.61 Å². The van der Waals surface area contributed by atoms with Crippen molar-refractivity contribution in [1.29, 1.82) is 0 Å². The molecule has 1 N–H and O–H groups in total. The second-order valence-electron chi connectivity index (χ2n) is 4.07. The molecule has 1 heterocycles. The molecule has 2 aromatic rings. The Morgan fingerprint density at radius 3 is 2.94 bits per heavy atom. The fourth-order valence-corrected chi connectivity index (χ4v) is 1.94. The minimum absolute atomic E-state index is 0.616. The number of anilines is 1. The molecule has 0 aliphatic heterocycles. The SMILES string of the molecule is CCn1ccnc1CNc1ccccc1COC. The number of aryl methyl sites for hydroxylation is 1. The molecule has 0 aliphatic carbocycles. The van der Waals surface area contributed by atoms with Gasteiger partial charge >= 0.3 is 0 Å². The van der Waals surface area contributed by atoms with Gasteiger partial charge in [0.15, 0.2) is 0 Å². The second-order valence-corrected chi connectivity index (χ2v) is 4.07. The minimum Gasteiger partial charge on any atom is -0.380 e. The molecule has 2 rings (SSSR count). The van der Waals surface area contributed by atoms with Gasteiger partial charge in [-0.05, 0) is 13.0 Å². The average Bonchev–Trinajstić information content (AvgIpc) is 2.85. The number of ether oxygens (including phenoxy) is 1. The molecule has 4 nitrogen and oxygen atoms in total. The Kier molecular flexibility index (Phi) is 4.36. The molecule has 18 heavy (non-hydrogen) atoms. The van der Waals surface area contributed by atoms with Gasteiger partial charge in [0.1, 0.15) is 5.82 Å². The monoisotopic (exact) mass is 245 g/mol. The van der Waals surface area contributed by atoms with Crippen molar-refractivity contribution in [3.63, 3.8) is 0 Å². The van der Waals surface area contributed by atoms with Gasteiger partial charge in [-0.3, -0.25) is 0 Å². The Bertz CT molecular complexity index is 493. The van der Waals surface area contributed by atoms with Gasteiger partial charge in [-0.1, -0.05) is 18.2 Å². The quantitative estimate of drug-likeness (QED) is 0.850. The number of imidazole rings is 1. The first-order chi connectivity index (χ1) is 8.85. The predicted octanol–water partition coefficient (Wildman–Crippen LogP) is 2.66. The molecule has 0 amide bonds. The molecule has 0 aliphatic rings. The summed E-state index contributed by atoms with van der Waals surface area (Å²) in [5.74, 6) is 1.05. The lowest BCUT2D eigenvalue weighted by Gasteiger charge is -2.12. The van der Waals surface area contributed by atoms with Crippen LogP contribution in [0.1, 0.15) is 18.3 Å². The van der Waals surface area contributed by atoms with Crippen LogP contribution >= 0.6 is 0 Å². The summed E-state index contributed by atoms with van der Waals surface area (Å²) >= 11 is 0. The zero-order chi connectivity index (χ0) is 12.8. The van der Waals surface area contributed by atoms with Gasteiger partial charge in [0.05, 0.1) is 13.2 Å². The van der Waals surface area contributed by atoms with E-state index < -0.39 is 0 Å². The van der Waals surface area contributed by atoms with Crippen molar-refractivity contribution in [3.8, 4) is 0 Å². The molecule has 96 valence electrons. The number of nitrogens with one attached hydrogen (secondary N) is 1. The molecule has 0 saturated carbocycles. The van der Waals surface area contributed by atoms with Crippen molar-refractivity contribution < 1.29 is 4.74 Å². The maximum Gasteiger partial charge on any atom is 0.128 e. The number of rotatable bonds is 6. The van der Waals surface area contributed by atoms with E-state index in [1.165, 1.54) is 0 Å². The molecule has 0 atom stereocenters. The fourth-order valence-electron chi connectivity index (χ4n) is 1.94. The lowest BCUT2D eigenvalue weighted by molar-refractivity contribution is 0.185. The van der Waals surface area contributed by atoms with E-state index in [2.05, 4.69) is 33.9 Å². The number of benzene rings is 1. The summed E-state index contributed by atoms with van der Waals surface area (Å²) in [6, 6.07) is 8.17. The van der Waals surface area contributed by atoms with E-state index in [9.17, 15) is 0 Å². The fraction of sp³-hybridized carbons (Fsp3) is 0.357. The summed E-state index contributed by atoms with van der Waals surface area (Å²) in [6.45, 7) is 4.40. The van der Waals surface area contributed by atoms with Crippen LogP contribution in [0.15, 0.2) is 36.7 Å². The first kappa shape index (κ1) is 12.6. The smallest absolute Gasteiger partial charge is 0.128 e. The van der Waals surface area contributed by atoms with Gasteiger partial charge in [-0.25, -0.2) is 4.98 Å². The molecule has 0 saturated heterocycles. The number of hydrogen-bond acceptors (Lipinski definition) is 3. The zero-order valence-electron chi connectivity index (χ0n) is 10.9. The number of hydrogen-bond donors (Lipinski definition) is 1. The summed E-state index contributed by atoms with van der Waals surface area (Å²) in [7, 11) is 1.71. The van der Waals surface area contributed by atoms with Gasteiger partial charge < -0.3 is 14.6 Å². The van der Waals surface area contributed by atoms with Crippen LogP contribution in [0.3, 0.4) is 0 Å². The minimum atomic E-state index is 0.616. The van der Waals surface area contributed by atoms with Gasteiger partial charge in [0.25, 0.3) is 0 Å². The lowest BCUT2D eigenvalue weighted by Crippen LogP contribution is -2.08. The summed E-state index contributed by atoms with van der Waals surface area (Å²) in [4.78, 5) is 4.35. The van der Waals surface area contributed by atoms with E-state index in [4.69, 9.17) is 4.74 Å². The van der Waals surface area contributed by atoms with Crippen molar-refractivity contribution in [2.75, 3.05) is 12.4 Å². The van der Waals surface area contributed by atoms with E-state index in [1.807, 2.05) is 24.5 Å². The topological polar surface area (TPSA) is 39.1 Å². The largest absolute Gasteiger partial charge is 0.380 e. The third-order valence-electron chi connectivity index (χ3n) is 2.90. The number of methoxy groups -OCH3 is 1. The summed E-state index contributed by atoms with van der Waals surface area (Å²) < 4.78 is 7.32. The van der Waals surface area contributed by atoms with Crippen molar-refractivity contribution in [1.82, 2.24) is 9.55 Å². The molecular formula is C14H19N3O. The highest BCUT2D eigenvalue weighted by molar-refractivity contribution is 5.50. The first-order valence-corrected chi connectivity index (χ1v) is 6.16.